The minimum atomic E-state index is -0.894. The van der Waals surface area contributed by atoms with Gasteiger partial charge in [0.15, 0.2) is 5.82 Å². The molecule has 5 aliphatic rings. The maximum atomic E-state index is 16.9. The number of carbonyl (C=O) groups is 1. The summed E-state index contributed by atoms with van der Waals surface area (Å²) in [6.45, 7) is 4.81. The first-order valence-corrected chi connectivity index (χ1v) is 16.4. The summed E-state index contributed by atoms with van der Waals surface area (Å²) in [6, 6.07) is 11.9. The Morgan fingerprint density at radius 3 is 2.85 bits per heavy atom. The third-order valence-corrected chi connectivity index (χ3v) is 10.3. The average molecular weight is 629 g/mol. The van der Waals surface area contributed by atoms with Crippen LogP contribution in [-0.4, -0.2) is 82.6 Å². The Morgan fingerprint density at radius 2 is 1.96 bits per heavy atom. The van der Waals surface area contributed by atoms with Crippen LogP contribution in [0.15, 0.2) is 42.6 Å². The molecule has 3 fully saturated rings. The predicted molar refractivity (Wildman–Crippen MR) is 171 cm³/mol. The quantitative estimate of drug-likeness (QED) is 0.297. The lowest BCUT2D eigenvalue weighted by Gasteiger charge is -2.41. The number of fused-ring (bicyclic) bond motifs is 7. The summed E-state index contributed by atoms with van der Waals surface area (Å²) in [4.78, 5) is 31.4. The number of carbonyl (C=O) groups excluding carboxylic acids is 1. The maximum absolute atomic E-state index is 16.9. The number of benzene rings is 2. The molecule has 1 amide bonds. The van der Waals surface area contributed by atoms with E-state index in [1.165, 1.54) is 0 Å². The van der Waals surface area contributed by atoms with E-state index in [9.17, 15) is 9.18 Å². The molecule has 0 spiro atoms. The van der Waals surface area contributed by atoms with E-state index in [0.29, 0.717) is 55.7 Å². The number of aromatic nitrogens is 3. The molecule has 3 saturated heterocycles. The first-order chi connectivity index (χ1) is 22.3. The first-order valence-electron chi connectivity index (χ1n) is 16.4. The number of alkyl carbamates (subject to hydrolysis) is 1. The molecule has 9 rings (SSSR count). The smallest absolute Gasteiger partial charge is 0.407 e. The van der Waals surface area contributed by atoms with Crippen LogP contribution in [0, 0.1) is 5.82 Å². The monoisotopic (exact) mass is 628 g/mol. The number of rotatable bonds is 3. The van der Waals surface area contributed by atoms with Gasteiger partial charge in [-0.3, -0.25) is 9.88 Å². The van der Waals surface area contributed by atoms with Crippen LogP contribution in [0.5, 0.6) is 6.01 Å². The summed E-state index contributed by atoms with van der Waals surface area (Å²) in [5.74, 6) is -0.0445. The zero-order chi connectivity index (χ0) is 31.5. The van der Waals surface area contributed by atoms with Gasteiger partial charge in [-0.25, -0.2) is 13.6 Å². The van der Waals surface area contributed by atoms with Crippen LogP contribution >= 0.6 is 0 Å². The molecule has 0 aliphatic carbocycles. The number of nitrogens with zero attached hydrogens (tertiary/aromatic N) is 5. The standard InChI is InChI=1S/C35H38F2N6O3/c1-34-12-5-14-42(20-34)31-26-18-38-29(25-11-3-9-22-7-2-8-23(27(22)25)10-4-16-45-33(44)41-34)28(37)30(26)39-32(40-31)46-21-35-13-6-15-43(35)19-24(36)17-35/h2-3,7-9,11,18,24H,4-6,10,12-17,19-21H2,1H3,(H,41,44)/t24-,34-,35+/m1/s1. The van der Waals surface area contributed by atoms with Crippen LogP contribution in [0.4, 0.5) is 19.4 Å². The minimum Gasteiger partial charge on any atom is -0.461 e. The van der Waals surface area contributed by atoms with Crippen molar-refractivity contribution in [2.45, 2.75) is 69.1 Å². The lowest BCUT2D eigenvalue weighted by molar-refractivity contribution is 0.107. The molecule has 3 atom stereocenters. The summed E-state index contributed by atoms with van der Waals surface area (Å²) in [6.07, 6.45) is 5.33. The van der Waals surface area contributed by atoms with Gasteiger partial charge in [0.05, 0.1) is 23.1 Å². The molecule has 0 unspecified atom stereocenters. The van der Waals surface area contributed by atoms with Crippen LogP contribution in [0.25, 0.3) is 32.9 Å². The Morgan fingerprint density at radius 1 is 1.11 bits per heavy atom. The number of alkyl halides is 1. The highest BCUT2D eigenvalue weighted by molar-refractivity contribution is 6.00. The molecular formula is C35H38F2N6O3. The number of nitrogens with one attached hydrogen (secondary N) is 1. The first kappa shape index (κ1) is 29.3. The van der Waals surface area contributed by atoms with Crippen molar-refractivity contribution in [1.29, 1.82) is 0 Å². The zero-order valence-electron chi connectivity index (χ0n) is 26.0. The van der Waals surface area contributed by atoms with Crippen LogP contribution in [0.2, 0.25) is 0 Å². The van der Waals surface area contributed by atoms with Crippen LogP contribution < -0.4 is 15.0 Å². The van der Waals surface area contributed by atoms with Crippen molar-refractivity contribution < 1.29 is 23.0 Å². The highest BCUT2D eigenvalue weighted by Crippen LogP contribution is 2.41. The van der Waals surface area contributed by atoms with Crippen molar-refractivity contribution in [3.8, 4) is 17.3 Å². The van der Waals surface area contributed by atoms with Gasteiger partial charge in [0, 0.05) is 37.8 Å². The molecule has 6 bridgehead atoms. The molecule has 7 heterocycles. The molecule has 9 nitrogen and oxygen atoms in total. The van der Waals surface area contributed by atoms with E-state index in [-0.39, 0.29) is 30.4 Å². The number of hydrogen-bond acceptors (Lipinski definition) is 8. The van der Waals surface area contributed by atoms with Crippen molar-refractivity contribution in [2.24, 2.45) is 0 Å². The highest BCUT2D eigenvalue weighted by atomic mass is 19.1. The summed E-state index contributed by atoms with van der Waals surface area (Å²) in [5.41, 5.74) is 1.02. The molecule has 2 aromatic carbocycles. The number of pyridine rings is 1. The van der Waals surface area contributed by atoms with Gasteiger partial charge in [0.1, 0.15) is 29.8 Å². The minimum absolute atomic E-state index is 0.0539. The topological polar surface area (TPSA) is 92.7 Å². The Hall–Kier alpha value is -4.12. The SMILES string of the molecule is C[C@@]12CCCN(C1)c1nc(OC[C@@]34CCCN3C[C@H](F)C4)nc3c(F)c(ncc13)-c1cccc3cccc(c13)CCCOC(=O)N2. The average Bonchev–Trinajstić information content (AvgIpc) is 3.57. The van der Waals surface area contributed by atoms with Gasteiger partial charge in [-0.2, -0.15) is 9.97 Å². The molecule has 240 valence electrons. The number of aryl methyl sites for hydroxylation is 1. The van der Waals surface area contributed by atoms with Gasteiger partial charge >= 0.3 is 12.1 Å². The van der Waals surface area contributed by atoms with Crippen LogP contribution in [-0.2, 0) is 11.2 Å². The molecule has 1 N–H and O–H groups in total. The van der Waals surface area contributed by atoms with Crippen molar-refractivity contribution in [2.75, 3.05) is 44.3 Å². The van der Waals surface area contributed by atoms with Gasteiger partial charge in [0.2, 0.25) is 0 Å². The second-order valence-electron chi connectivity index (χ2n) is 13.6. The van der Waals surface area contributed by atoms with Crippen molar-refractivity contribution >= 4 is 33.6 Å². The largest absolute Gasteiger partial charge is 0.461 e. The molecular weight excluding hydrogens is 590 g/mol. The molecule has 11 heteroatoms. The van der Waals surface area contributed by atoms with Gasteiger partial charge in [0.25, 0.3) is 0 Å². The van der Waals surface area contributed by atoms with Gasteiger partial charge in [-0.05, 0) is 68.3 Å². The van der Waals surface area contributed by atoms with Crippen LogP contribution in [0.1, 0.15) is 51.0 Å². The van der Waals surface area contributed by atoms with Crippen molar-refractivity contribution in [3.05, 3.63) is 54.0 Å². The van der Waals surface area contributed by atoms with Crippen LogP contribution in [0.3, 0.4) is 0 Å². The lowest BCUT2D eigenvalue weighted by Crippen LogP contribution is -2.57. The third kappa shape index (κ3) is 5.09. The molecule has 0 radical (unpaired) electrons. The Kier molecular flexibility index (Phi) is 7.19. The molecule has 46 heavy (non-hydrogen) atoms. The Bertz CT molecular complexity index is 1830. The van der Waals surface area contributed by atoms with E-state index < -0.39 is 29.2 Å². The van der Waals surface area contributed by atoms with Gasteiger partial charge in [-0.1, -0.05) is 36.4 Å². The Labute approximate surface area is 266 Å². The second kappa shape index (κ2) is 11.3. The highest BCUT2D eigenvalue weighted by Gasteiger charge is 2.49. The summed E-state index contributed by atoms with van der Waals surface area (Å²) in [7, 11) is 0. The van der Waals surface area contributed by atoms with Gasteiger partial charge < -0.3 is 19.7 Å². The number of anilines is 1. The number of piperidine rings is 1. The number of halogens is 2. The fraction of sp³-hybridized carbons (Fsp3) is 0.486. The van der Waals surface area contributed by atoms with E-state index in [1.807, 2.05) is 48.2 Å². The van der Waals surface area contributed by atoms with E-state index in [2.05, 4.69) is 15.2 Å². The molecule has 4 aromatic rings. The summed E-state index contributed by atoms with van der Waals surface area (Å²) >= 11 is 0. The van der Waals surface area contributed by atoms with Crippen molar-refractivity contribution in [1.82, 2.24) is 25.2 Å². The van der Waals surface area contributed by atoms with E-state index in [0.717, 1.165) is 48.6 Å². The maximum Gasteiger partial charge on any atom is 0.407 e. The number of amides is 1. The second-order valence-corrected chi connectivity index (χ2v) is 13.6. The number of hydrogen-bond donors (Lipinski definition) is 1. The van der Waals surface area contributed by atoms with E-state index in [1.54, 1.807) is 6.20 Å². The third-order valence-electron chi connectivity index (χ3n) is 10.3. The molecule has 2 aromatic heterocycles. The summed E-state index contributed by atoms with van der Waals surface area (Å²) < 4.78 is 43.4. The predicted octanol–water partition coefficient (Wildman–Crippen LogP) is 5.97. The Balaban J connectivity index is 1.29. The molecule has 5 aliphatic heterocycles. The van der Waals surface area contributed by atoms with E-state index >= 15 is 4.39 Å². The number of ether oxygens (including phenoxy) is 2. The summed E-state index contributed by atoms with van der Waals surface area (Å²) in [5, 5.41) is 5.43. The zero-order valence-corrected chi connectivity index (χ0v) is 26.0. The fourth-order valence-electron chi connectivity index (χ4n) is 8.22. The van der Waals surface area contributed by atoms with Gasteiger partial charge in [-0.15, -0.1) is 0 Å². The lowest BCUT2D eigenvalue weighted by atomic mass is 9.91. The normalized spacial score (nSPS) is 26.7. The molecule has 0 saturated carbocycles. The van der Waals surface area contributed by atoms with Crippen molar-refractivity contribution in [3.63, 3.8) is 0 Å². The fourth-order valence-corrected chi connectivity index (χ4v) is 8.22. The van der Waals surface area contributed by atoms with E-state index in [4.69, 9.17) is 19.4 Å².